The lowest BCUT2D eigenvalue weighted by Gasteiger charge is -2.29. The number of nitrogens with zero attached hydrogens (tertiary/aromatic N) is 3. The van der Waals surface area contributed by atoms with E-state index in [-0.39, 0.29) is 6.04 Å². The predicted octanol–water partition coefficient (Wildman–Crippen LogP) is 1.07. The summed E-state index contributed by atoms with van der Waals surface area (Å²) in [6.45, 7) is 3.07. The molecule has 1 fully saturated rings. The molecule has 1 aromatic rings. The Balaban J connectivity index is 1.97. The summed E-state index contributed by atoms with van der Waals surface area (Å²) < 4.78 is 5.26. The second-order valence-electron chi connectivity index (χ2n) is 4.63. The van der Waals surface area contributed by atoms with Crippen molar-refractivity contribution in [3.05, 3.63) is 11.7 Å². The molecule has 0 radical (unpaired) electrons. The van der Waals surface area contributed by atoms with Gasteiger partial charge < -0.3 is 10.3 Å². The second-order valence-corrected chi connectivity index (χ2v) is 5.78. The van der Waals surface area contributed by atoms with Gasteiger partial charge in [-0.2, -0.15) is 16.7 Å². The Morgan fingerprint density at radius 3 is 3.18 bits per heavy atom. The number of nitrogens with two attached hydrogens (primary N) is 1. The smallest absolute Gasteiger partial charge is 0.226 e. The summed E-state index contributed by atoms with van der Waals surface area (Å²) in [5.41, 5.74) is 5.71. The van der Waals surface area contributed by atoms with Gasteiger partial charge in [-0.05, 0) is 20.4 Å². The molecule has 1 aliphatic heterocycles. The molecule has 2 atom stereocenters. The summed E-state index contributed by atoms with van der Waals surface area (Å²) >= 11 is 1.95. The molecule has 1 aliphatic rings. The largest absolute Gasteiger partial charge is 0.339 e. The molecule has 6 heteroatoms. The summed E-state index contributed by atoms with van der Waals surface area (Å²) in [5.74, 6) is 3.76. The predicted molar refractivity (Wildman–Crippen MR) is 69.0 cm³/mol. The van der Waals surface area contributed by atoms with Gasteiger partial charge in [-0.1, -0.05) is 5.16 Å². The highest BCUT2D eigenvalue weighted by molar-refractivity contribution is 7.99. The first kappa shape index (κ1) is 12.9. The Hall–Kier alpha value is -0.590. The highest BCUT2D eigenvalue weighted by Gasteiger charge is 2.25. The molecule has 0 aliphatic carbocycles. The monoisotopic (exact) mass is 256 g/mol. The van der Waals surface area contributed by atoms with Gasteiger partial charge in [0.2, 0.25) is 5.89 Å². The van der Waals surface area contributed by atoms with Crippen molar-refractivity contribution >= 4 is 11.8 Å². The number of hydrogen-bond donors (Lipinski definition) is 1. The summed E-state index contributed by atoms with van der Waals surface area (Å²) in [6.07, 6.45) is 1.66. The van der Waals surface area contributed by atoms with Gasteiger partial charge in [-0.25, -0.2) is 0 Å². The third-order valence-corrected chi connectivity index (χ3v) is 4.01. The van der Waals surface area contributed by atoms with E-state index in [4.69, 9.17) is 10.3 Å². The number of aryl methyl sites for hydroxylation is 1. The Labute approximate surface area is 106 Å². The molecule has 0 spiro atoms. The minimum atomic E-state index is 0.179. The molecule has 2 N–H and O–H groups in total. The Morgan fingerprint density at radius 1 is 1.65 bits per heavy atom. The Kier molecular flexibility index (Phi) is 4.42. The summed E-state index contributed by atoms with van der Waals surface area (Å²) in [7, 11) is 2.11. The van der Waals surface area contributed by atoms with Gasteiger partial charge >= 0.3 is 0 Å². The molecule has 2 heterocycles. The van der Waals surface area contributed by atoms with Crippen LogP contribution in [0.3, 0.4) is 0 Å². The lowest BCUT2D eigenvalue weighted by atomic mass is 10.2. The van der Waals surface area contributed by atoms with E-state index in [0.29, 0.717) is 11.9 Å². The molecule has 5 nitrogen and oxygen atoms in total. The lowest BCUT2D eigenvalue weighted by molar-refractivity contribution is 0.256. The topological polar surface area (TPSA) is 68.2 Å². The van der Waals surface area contributed by atoms with Crippen molar-refractivity contribution in [2.24, 2.45) is 5.73 Å². The summed E-state index contributed by atoms with van der Waals surface area (Å²) in [5, 5.41) is 4.09. The van der Waals surface area contributed by atoms with Crippen LogP contribution in [-0.2, 0) is 6.42 Å². The zero-order valence-corrected chi connectivity index (χ0v) is 11.2. The van der Waals surface area contributed by atoms with E-state index in [9.17, 15) is 0 Å². The van der Waals surface area contributed by atoms with Crippen molar-refractivity contribution < 1.29 is 4.52 Å². The van der Waals surface area contributed by atoms with Crippen LogP contribution in [0.2, 0.25) is 0 Å². The van der Waals surface area contributed by atoms with Gasteiger partial charge in [0, 0.05) is 30.5 Å². The molecule has 0 aromatic carbocycles. The van der Waals surface area contributed by atoms with Crippen molar-refractivity contribution in [2.45, 2.75) is 31.8 Å². The minimum absolute atomic E-state index is 0.179. The Morgan fingerprint density at radius 2 is 2.47 bits per heavy atom. The quantitative estimate of drug-likeness (QED) is 0.869. The van der Waals surface area contributed by atoms with E-state index in [1.165, 1.54) is 5.75 Å². The first-order valence-corrected chi connectivity index (χ1v) is 7.18. The molecule has 0 saturated carbocycles. The van der Waals surface area contributed by atoms with Crippen LogP contribution >= 0.6 is 11.8 Å². The molecule has 0 bridgehead atoms. The molecule has 1 saturated heterocycles. The Bertz CT molecular complexity index is 355. The van der Waals surface area contributed by atoms with Crippen LogP contribution in [0.5, 0.6) is 0 Å². The highest BCUT2D eigenvalue weighted by atomic mass is 32.2. The molecule has 2 rings (SSSR count). The zero-order valence-electron chi connectivity index (χ0n) is 10.4. The van der Waals surface area contributed by atoms with E-state index in [1.807, 2.05) is 18.7 Å². The van der Waals surface area contributed by atoms with Gasteiger partial charge in [-0.15, -0.1) is 0 Å². The fourth-order valence-corrected chi connectivity index (χ4v) is 3.02. The molecular weight excluding hydrogens is 236 g/mol. The van der Waals surface area contributed by atoms with E-state index in [2.05, 4.69) is 22.1 Å². The number of hydrogen-bond acceptors (Lipinski definition) is 6. The van der Waals surface area contributed by atoms with Crippen LogP contribution in [0.1, 0.15) is 31.1 Å². The standard InChI is InChI=1S/C11H20N4OS/c1-8(12)3-4-10-13-11(14-16-10)9-7-17-6-5-15(9)2/h8-9H,3-7,12H2,1-2H3. The first-order chi connectivity index (χ1) is 8.16. The number of rotatable bonds is 4. The lowest BCUT2D eigenvalue weighted by Crippen LogP contribution is -2.33. The average Bonchev–Trinajstić information content (AvgIpc) is 2.75. The van der Waals surface area contributed by atoms with E-state index < -0.39 is 0 Å². The molecule has 2 unspecified atom stereocenters. The van der Waals surface area contributed by atoms with Gasteiger partial charge in [0.15, 0.2) is 5.82 Å². The van der Waals surface area contributed by atoms with Crippen molar-refractivity contribution in [2.75, 3.05) is 25.1 Å². The van der Waals surface area contributed by atoms with Crippen molar-refractivity contribution in [1.29, 1.82) is 0 Å². The SMILES string of the molecule is CC(N)CCc1nc(C2CSCCN2C)no1. The zero-order chi connectivity index (χ0) is 12.3. The number of thioether (sulfide) groups is 1. The van der Waals surface area contributed by atoms with Crippen molar-refractivity contribution in [3.8, 4) is 0 Å². The second kappa shape index (κ2) is 5.84. The molecule has 17 heavy (non-hydrogen) atoms. The van der Waals surface area contributed by atoms with Gasteiger partial charge in [-0.3, -0.25) is 4.90 Å². The van der Waals surface area contributed by atoms with Gasteiger partial charge in [0.1, 0.15) is 0 Å². The van der Waals surface area contributed by atoms with Crippen molar-refractivity contribution in [1.82, 2.24) is 15.0 Å². The summed E-state index contributed by atoms with van der Waals surface area (Å²) in [4.78, 5) is 6.76. The van der Waals surface area contributed by atoms with Crippen LogP contribution in [0.15, 0.2) is 4.52 Å². The van der Waals surface area contributed by atoms with Crippen molar-refractivity contribution in [3.63, 3.8) is 0 Å². The van der Waals surface area contributed by atoms with Crippen LogP contribution in [0.25, 0.3) is 0 Å². The van der Waals surface area contributed by atoms with E-state index >= 15 is 0 Å². The van der Waals surface area contributed by atoms with E-state index in [0.717, 1.165) is 31.0 Å². The molecule has 0 amide bonds. The van der Waals surface area contributed by atoms with Gasteiger partial charge in [0.05, 0.1) is 6.04 Å². The molecule has 96 valence electrons. The van der Waals surface area contributed by atoms with E-state index in [1.54, 1.807) is 0 Å². The summed E-state index contributed by atoms with van der Waals surface area (Å²) in [6, 6.07) is 0.472. The van der Waals surface area contributed by atoms with Crippen LogP contribution in [0, 0.1) is 0 Å². The fraction of sp³-hybridized carbons (Fsp3) is 0.818. The maximum atomic E-state index is 5.71. The van der Waals surface area contributed by atoms with Crippen LogP contribution in [-0.4, -0.2) is 46.2 Å². The maximum Gasteiger partial charge on any atom is 0.226 e. The minimum Gasteiger partial charge on any atom is -0.339 e. The fourth-order valence-electron chi connectivity index (χ4n) is 1.81. The first-order valence-electron chi connectivity index (χ1n) is 6.03. The molecular formula is C11H20N4OS. The van der Waals surface area contributed by atoms with Gasteiger partial charge in [0.25, 0.3) is 0 Å². The van der Waals surface area contributed by atoms with Crippen LogP contribution < -0.4 is 5.73 Å². The molecule has 1 aromatic heterocycles. The highest BCUT2D eigenvalue weighted by Crippen LogP contribution is 2.26. The van der Waals surface area contributed by atoms with Crippen LogP contribution in [0.4, 0.5) is 0 Å². The average molecular weight is 256 g/mol. The number of aromatic nitrogens is 2. The third-order valence-electron chi connectivity index (χ3n) is 2.99. The third kappa shape index (κ3) is 3.43. The normalized spacial score (nSPS) is 23.8. The maximum absolute atomic E-state index is 5.71.